The fourth-order valence-electron chi connectivity index (χ4n) is 1.42. The molecule has 1 aromatic carbocycles. The van der Waals surface area contributed by atoms with Crippen LogP contribution >= 0.6 is 35.4 Å². The molecule has 0 aliphatic carbocycles. The van der Waals surface area contributed by atoms with Crippen molar-refractivity contribution in [1.29, 1.82) is 0 Å². The standard InChI is InChI=1S/C13H11Cl2N3O2S/c14-11-4-3-8(5-12(11)15)19-7-10-2-1-9(20-10)6-17-18-13(16)21/h1-6H,7H2,(H3,16,18,21). The van der Waals surface area contributed by atoms with E-state index < -0.39 is 0 Å². The number of nitrogens with two attached hydrogens (primary N) is 1. The van der Waals surface area contributed by atoms with Gasteiger partial charge in [0.2, 0.25) is 0 Å². The topological polar surface area (TPSA) is 72.8 Å². The van der Waals surface area contributed by atoms with E-state index in [0.29, 0.717) is 27.3 Å². The quantitative estimate of drug-likeness (QED) is 0.494. The minimum absolute atomic E-state index is 0.0842. The molecular formula is C13H11Cl2N3O2S. The van der Waals surface area contributed by atoms with Crippen LogP contribution in [-0.4, -0.2) is 11.3 Å². The minimum atomic E-state index is 0.0842. The molecule has 0 aliphatic heterocycles. The van der Waals surface area contributed by atoms with Crippen molar-refractivity contribution in [3.05, 3.63) is 51.9 Å². The van der Waals surface area contributed by atoms with Crippen LogP contribution in [0.1, 0.15) is 11.5 Å². The summed E-state index contributed by atoms with van der Waals surface area (Å²) in [6.45, 7) is 0.258. The summed E-state index contributed by atoms with van der Waals surface area (Å²) in [4.78, 5) is 0. The average Bonchev–Trinajstić information content (AvgIpc) is 2.88. The van der Waals surface area contributed by atoms with Crippen LogP contribution in [0.2, 0.25) is 10.0 Å². The lowest BCUT2D eigenvalue weighted by Crippen LogP contribution is -2.23. The molecule has 110 valence electrons. The third kappa shape index (κ3) is 4.93. The molecule has 8 heteroatoms. The van der Waals surface area contributed by atoms with Crippen LogP contribution in [0.25, 0.3) is 0 Å². The molecule has 0 amide bonds. The van der Waals surface area contributed by atoms with Crippen molar-refractivity contribution >= 4 is 46.7 Å². The minimum Gasteiger partial charge on any atom is -0.486 e. The number of hydrazone groups is 1. The smallest absolute Gasteiger partial charge is 0.184 e. The van der Waals surface area contributed by atoms with Gasteiger partial charge < -0.3 is 14.9 Å². The third-order valence-corrected chi connectivity index (χ3v) is 3.15. The number of rotatable bonds is 5. The maximum absolute atomic E-state index is 5.90. The molecule has 0 radical (unpaired) electrons. The highest BCUT2D eigenvalue weighted by Gasteiger charge is 2.04. The van der Waals surface area contributed by atoms with Gasteiger partial charge in [0.25, 0.3) is 0 Å². The number of ether oxygens (including phenoxy) is 1. The van der Waals surface area contributed by atoms with Gasteiger partial charge in [0.05, 0.1) is 16.3 Å². The largest absolute Gasteiger partial charge is 0.486 e. The van der Waals surface area contributed by atoms with Crippen LogP contribution in [0.4, 0.5) is 0 Å². The molecular weight excluding hydrogens is 333 g/mol. The highest BCUT2D eigenvalue weighted by atomic mass is 35.5. The zero-order chi connectivity index (χ0) is 15.2. The van der Waals surface area contributed by atoms with E-state index in [1.165, 1.54) is 6.21 Å². The molecule has 0 saturated carbocycles. The van der Waals surface area contributed by atoms with Crippen molar-refractivity contribution in [2.24, 2.45) is 10.8 Å². The second-order valence-corrected chi connectivity index (χ2v) is 5.16. The van der Waals surface area contributed by atoms with Crippen LogP contribution < -0.4 is 15.9 Å². The van der Waals surface area contributed by atoms with Crippen LogP contribution in [0.3, 0.4) is 0 Å². The molecule has 0 fully saturated rings. The summed E-state index contributed by atoms with van der Waals surface area (Å²) in [5.74, 6) is 1.79. The molecule has 5 nitrogen and oxygen atoms in total. The summed E-state index contributed by atoms with van der Waals surface area (Å²) in [6.07, 6.45) is 1.46. The maximum atomic E-state index is 5.90. The number of hydrogen-bond acceptors (Lipinski definition) is 4. The van der Waals surface area contributed by atoms with E-state index in [0.717, 1.165) is 0 Å². The van der Waals surface area contributed by atoms with Gasteiger partial charge in [0.15, 0.2) is 5.11 Å². The van der Waals surface area contributed by atoms with Gasteiger partial charge in [-0.05, 0) is 36.5 Å². The Morgan fingerprint density at radius 1 is 1.33 bits per heavy atom. The van der Waals surface area contributed by atoms with Gasteiger partial charge in [-0.25, -0.2) is 0 Å². The number of halogens is 2. The van der Waals surface area contributed by atoms with Crippen molar-refractivity contribution < 1.29 is 9.15 Å². The van der Waals surface area contributed by atoms with E-state index in [4.69, 9.17) is 38.1 Å². The lowest BCUT2D eigenvalue weighted by Gasteiger charge is -2.05. The van der Waals surface area contributed by atoms with Gasteiger partial charge in [0.1, 0.15) is 23.9 Å². The summed E-state index contributed by atoms with van der Waals surface area (Å²) >= 11 is 16.3. The molecule has 1 aromatic heterocycles. The van der Waals surface area contributed by atoms with Crippen molar-refractivity contribution in [3.63, 3.8) is 0 Å². The van der Waals surface area contributed by atoms with E-state index in [9.17, 15) is 0 Å². The summed E-state index contributed by atoms with van der Waals surface area (Å²) in [5, 5.41) is 4.78. The average molecular weight is 344 g/mol. The zero-order valence-electron chi connectivity index (χ0n) is 10.7. The number of thiocarbonyl (C=S) groups is 1. The first-order chi connectivity index (χ1) is 10.0. The van der Waals surface area contributed by atoms with Crippen LogP contribution in [0.5, 0.6) is 5.75 Å². The first-order valence-corrected chi connectivity index (χ1v) is 6.96. The SMILES string of the molecule is NC(=S)NN=Cc1ccc(COc2ccc(Cl)c(Cl)c2)o1. The summed E-state index contributed by atoms with van der Waals surface area (Å²) < 4.78 is 11.0. The van der Waals surface area contributed by atoms with Crippen molar-refractivity contribution in [3.8, 4) is 5.75 Å². The Morgan fingerprint density at radius 3 is 2.86 bits per heavy atom. The Hall–Kier alpha value is -1.76. The highest BCUT2D eigenvalue weighted by Crippen LogP contribution is 2.26. The maximum Gasteiger partial charge on any atom is 0.184 e. The predicted octanol–water partition coefficient (Wildman–Crippen LogP) is 3.33. The molecule has 2 aromatic rings. The molecule has 2 rings (SSSR count). The van der Waals surface area contributed by atoms with Crippen LogP contribution in [0.15, 0.2) is 39.9 Å². The Labute approximate surface area is 136 Å². The lowest BCUT2D eigenvalue weighted by molar-refractivity contribution is 0.270. The van der Waals surface area contributed by atoms with Crippen molar-refractivity contribution in [2.45, 2.75) is 6.61 Å². The van der Waals surface area contributed by atoms with Gasteiger partial charge in [-0.3, -0.25) is 5.43 Å². The van der Waals surface area contributed by atoms with Crippen molar-refractivity contribution in [1.82, 2.24) is 5.43 Å². The monoisotopic (exact) mass is 343 g/mol. The van der Waals surface area contributed by atoms with E-state index >= 15 is 0 Å². The predicted molar refractivity (Wildman–Crippen MR) is 87.0 cm³/mol. The number of benzene rings is 1. The molecule has 3 N–H and O–H groups in total. The van der Waals surface area contributed by atoms with E-state index in [1.807, 2.05) is 0 Å². The Morgan fingerprint density at radius 2 is 2.14 bits per heavy atom. The molecule has 0 spiro atoms. The zero-order valence-corrected chi connectivity index (χ0v) is 13.0. The first kappa shape index (κ1) is 15.6. The van der Waals surface area contributed by atoms with E-state index in [-0.39, 0.29) is 11.7 Å². The van der Waals surface area contributed by atoms with Crippen LogP contribution in [0, 0.1) is 0 Å². The number of hydrogen-bond donors (Lipinski definition) is 2. The molecule has 1 heterocycles. The lowest BCUT2D eigenvalue weighted by atomic mass is 10.3. The second-order valence-electron chi connectivity index (χ2n) is 3.90. The molecule has 0 bridgehead atoms. The Kier molecular flexibility index (Phi) is 5.44. The molecule has 0 atom stereocenters. The highest BCUT2D eigenvalue weighted by molar-refractivity contribution is 7.80. The molecule has 0 unspecified atom stereocenters. The third-order valence-electron chi connectivity index (χ3n) is 2.32. The van der Waals surface area contributed by atoms with E-state index in [1.54, 1.807) is 30.3 Å². The van der Waals surface area contributed by atoms with Gasteiger partial charge in [0, 0.05) is 6.07 Å². The summed E-state index contributed by atoms with van der Waals surface area (Å²) in [7, 11) is 0. The summed E-state index contributed by atoms with van der Waals surface area (Å²) in [5.41, 5.74) is 7.67. The number of nitrogens with one attached hydrogen (secondary N) is 1. The normalized spacial score (nSPS) is 10.8. The van der Waals surface area contributed by atoms with Gasteiger partial charge >= 0.3 is 0 Å². The van der Waals surface area contributed by atoms with E-state index in [2.05, 4.69) is 22.7 Å². The second kappa shape index (κ2) is 7.31. The number of nitrogens with zero attached hydrogens (tertiary/aromatic N) is 1. The van der Waals surface area contributed by atoms with Gasteiger partial charge in [-0.15, -0.1) is 0 Å². The Balaban J connectivity index is 1.91. The first-order valence-electron chi connectivity index (χ1n) is 5.79. The van der Waals surface area contributed by atoms with Gasteiger partial charge in [-0.1, -0.05) is 23.2 Å². The molecule has 0 aliphatic rings. The van der Waals surface area contributed by atoms with Crippen molar-refractivity contribution in [2.75, 3.05) is 0 Å². The molecule has 21 heavy (non-hydrogen) atoms. The van der Waals surface area contributed by atoms with Crippen LogP contribution in [-0.2, 0) is 6.61 Å². The van der Waals surface area contributed by atoms with Gasteiger partial charge in [-0.2, -0.15) is 5.10 Å². The summed E-state index contributed by atoms with van der Waals surface area (Å²) in [6, 6.07) is 8.56. The molecule has 0 saturated heterocycles. The fraction of sp³-hybridized carbons (Fsp3) is 0.0769. The fourth-order valence-corrected chi connectivity index (χ4v) is 1.76. The number of furan rings is 1. The Bertz CT molecular complexity index is 673.